The predicted molar refractivity (Wildman–Crippen MR) is 76.7 cm³/mol. The van der Waals surface area contributed by atoms with Crippen molar-refractivity contribution in [3.63, 3.8) is 0 Å². The van der Waals surface area contributed by atoms with Crippen LogP contribution in [0.5, 0.6) is 0 Å². The maximum absolute atomic E-state index is 5.52. The predicted octanol–water partition coefficient (Wildman–Crippen LogP) is 3.45. The van der Waals surface area contributed by atoms with Gasteiger partial charge >= 0.3 is 0 Å². The molecule has 0 aromatic heterocycles. The first-order valence-electron chi connectivity index (χ1n) is 6.86. The quantitative estimate of drug-likeness (QED) is 0.903. The summed E-state index contributed by atoms with van der Waals surface area (Å²) >= 11 is 3.56. The molecule has 3 atom stereocenters. The standard InChI is InChI=1S/C15H20BrNO/c1-10-9-18-7-6-14(10)17-15-5-2-11-8-12(16)3-4-13(11)15/h3-4,8,10,14-15,17H,2,5-7,9H2,1H3. The number of rotatable bonds is 2. The number of halogens is 1. The third-order valence-electron chi connectivity index (χ3n) is 4.24. The summed E-state index contributed by atoms with van der Waals surface area (Å²) in [4.78, 5) is 0. The number of ether oxygens (including phenoxy) is 1. The molecule has 0 spiro atoms. The van der Waals surface area contributed by atoms with Gasteiger partial charge in [-0.2, -0.15) is 0 Å². The molecule has 1 N–H and O–H groups in total. The minimum absolute atomic E-state index is 0.540. The molecule has 98 valence electrons. The van der Waals surface area contributed by atoms with Gasteiger partial charge in [0.15, 0.2) is 0 Å². The van der Waals surface area contributed by atoms with Gasteiger partial charge in [-0.15, -0.1) is 0 Å². The van der Waals surface area contributed by atoms with Crippen molar-refractivity contribution in [2.24, 2.45) is 5.92 Å². The first-order chi connectivity index (χ1) is 8.74. The lowest BCUT2D eigenvalue weighted by atomic mass is 9.96. The number of hydrogen-bond acceptors (Lipinski definition) is 2. The van der Waals surface area contributed by atoms with E-state index in [1.165, 1.54) is 28.4 Å². The molecule has 1 aliphatic carbocycles. The van der Waals surface area contributed by atoms with E-state index in [1.54, 1.807) is 0 Å². The fraction of sp³-hybridized carbons (Fsp3) is 0.600. The van der Waals surface area contributed by atoms with Crippen LogP contribution in [0.25, 0.3) is 0 Å². The molecule has 18 heavy (non-hydrogen) atoms. The maximum atomic E-state index is 5.52. The molecule has 3 heteroatoms. The number of aryl methyl sites for hydroxylation is 1. The Morgan fingerprint density at radius 1 is 1.33 bits per heavy atom. The number of nitrogens with one attached hydrogen (secondary N) is 1. The lowest BCUT2D eigenvalue weighted by molar-refractivity contribution is 0.0358. The normalized spacial score (nSPS) is 31.3. The molecule has 0 amide bonds. The third kappa shape index (κ3) is 2.49. The highest BCUT2D eigenvalue weighted by molar-refractivity contribution is 9.10. The fourth-order valence-corrected chi connectivity index (χ4v) is 3.55. The molecular weight excluding hydrogens is 290 g/mol. The topological polar surface area (TPSA) is 21.3 Å². The highest BCUT2D eigenvalue weighted by Gasteiger charge is 2.28. The van der Waals surface area contributed by atoms with E-state index < -0.39 is 0 Å². The van der Waals surface area contributed by atoms with E-state index in [-0.39, 0.29) is 0 Å². The summed E-state index contributed by atoms with van der Waals surface area (Å²) in [5.41, 5.74) is 3.00. The van der Waals surface area contributed by atoms with Gasteiger partial charge in [0.1, 0.15) is 0 Å². The zero-order valence-corrected chi connectivity index (χ0v) is 12.4. The maximum Gasteiger partial charge on any atom is 0.0506 e. The molecule has 1 fully saturated rings. The second-order valence-corrected chi connectivity index (χ2v) is 6.46. The molecule has 1 aliphatic heterocycles. The Balaban J connectivity index is 1.72. The molecule has 1 heterocycles. The van der Waals surface area contributed by atoms with Crippen LogP contribution in [0.3, 0.4) is 0 Å². The van der Waals surface area contributed by atoms with Crippen molar-refractivity contribution in [2.75, 3.05) is 13.2 Å². The van der Waals surface area contributed by atoms with Crippen LogP contribution in [0.4, 0.5) is 0 Å². The van der Waals surface area contributed by atoms with Gasteiger partial charge < -0.3 is 10.1 Å². The van der Waals surface area contributed by atoms with Crippen molar-refractivity contribution >= 4 is 15.9 Å². The molecule has 2 nitrogen and oxygen atoms in total. The van der Waals surface area contributed by atoms with Gasteiger partial charge in [-0.3, -0.25) is 0 Å². The van der Waals surface area contributed by atoms with Gasteiger partial charge in [0.25, 0.3) is 0 Å². The summed E-state index contributed by atoms with van der Waals surface area (Å²) in [5, 5.41) is 3.85. The summed E-state index contributed by atoms with van der Waals surface area (Å²) < 4.78 is 6.71. The Morgan fingerprint density at radius 2 is 2.22 bits per heavy atom. The van der Waals surface area contributed by atoms with Crippen LogP contribution >= 0.6 is 15.9 Å². The second-order valence-electron chi connectivity index (χ2n) is 5.55. The largest absolute Gasteiger partial charge is 0.381 e. The van der Waals surface area contributed by atoms with E-state index >= 15 is 0 Å². The van der Waals surface area contributed by atoms with Crippen LogP contribution < -0.4 is 5.32 Å². The molecule has 1 aromatic rings. The second kappa shape index (κ2) is 5.32. The van der Waals surface area contributed by atoms with Gasteiger partial charge in [0.2, 0.25) is 0 Å². The van der Waals surface area contributed by atoms with E-state index in [1.807, 2.05) is 0 Å². The highest BCUT2D eigenvalue weighted by atomic mass is 79.9. The number of hydrogen-bond donors (Lipinski definition) is 1. The van der Waals surface area contributed by atoms with Crippen molar-refractivity contribution in [3.8, 4) is 0 Å². The molecule has 0 radical (unpaired) electrons. The van der Waals surface area contributed by atoms with Crippen molar-refractivity contribution in [1.29, 1.82) is 0 Å². The van der Waals surface area contributed by atoms with Crippen LogP contribution in [0.2, 0.25) is 0 Å². The van der Waals surface area contributed by atoms with E-state index in [9.17, 15) is 0 Å². The van der Waals surface area contributed by atoms with Crippen LogP contribution in [-0.4, -0.2) is 19.3 Å². The lowest BCUT2D eigenvalue weighted by Crippen LogP contribution is -2.42. The van der Waals surface area contributed by atoms with Gasteiger partial charge in [0, 0.05) is 23.2 Å². The van der Waals surface area contributed by atoms with E-state index in [2.05, 4.69) is 46.4 Å². The average Bonchev–Trinajstić information content (AvgIpc) is 2.74. The van der Waals surface area contributed by atoms with Crippen LogP contribution in [-0.2, 0) is 11.2 Å². The summed E-state index contributed by atoms with van der Waals surface area (Å²) in [6, 6.07) is 7.85. The number of fused-ring (bicyclic) bond motifs is 1. The van der Waals surface area contributed by atoms with Crippen LogP contribution in [0.15, 0.2) is 22.7 Å². The Bertz CT molecular complexity index is 435. The van der Waals surface area contributed by atoms with E-state index in [4.69, 9.17) is 4.74 Å². The van der Waals surface area contributed by atoms with Crippen LogP contribution in [0, 0.1) is 5.92 Å². The molecule has 2 aliphatic rings. The Hall–Kier alpha value is -0.380. The van der Waals surface area contributed by atoms with Crippen molar-refractivity contribution < 1.29 is 4.74 Å². The summed E-state index contributed by atoms with van der Waals surface area (Å²) in [7, 11) is 0. The lowest BCUT2D eigenvalue weighted by Gasteiger charge is -2.32. The first-order valence-corrected chi connectivity index (χ1v) is 7.65. The monoisotopic (exact) mass is 309 g/mol. The van der Waals surface area contributed by atoms with Gasteiger partial charge in [0.05, 0.1) is 6.61 Å². The van der Waals surface area contributed by atoms with Gasteiger partial charge in [-0.25, -0.2) is 0 Å². The zero-order chi connectivity index (χ0) is 12.5. The summed E-state index contributed by atoms with van der Waals surface area (Å²) in [6.45, 7) is 4.09. The third-order valence-corrected chi connectivity index (χ3v) is 4.73. The van der Waals surface area contributed by atoms with E-state index in [0.29, 0.717) is 18.0 Å². The molecule has 0 bridgehead atoms. The van der Waals surface area contributed by atoms with E-state index in [0.717, 1.165) is 19.6 Å². The summed E-state index contributed by atoms with van der Waals surface area (Å²) in [6.07, 6.45) is 3.57. The Kier molecular flexibility index (Phi) is 3.73. The van der Waals surface area contributed by atoms with Crippen molar-refractivity contribution in [3.05, 3.63) is 33.8 Å². The molecule has 0 saturated carbocycles. The van der Waals surface area contributed by atoms with Gasteiger partial charge in [-0.05, 0) is 48.4 Å². The average molecular weight is 310 g/mol. The molecule has 1 saturated heterocycles. The minimum atomic E-state index is 0.540. The van der Waals surface area contributed by atoms with Crippen molar-refractivity contribution in [2.45, 2.75) is 38.3 Å². The Morgan fingerprint density at radius 3 is 3.06 bits per heavy atom. The number of benzene rings is 1. The smallest absolute Gasteiger partial charge is 0.0506 e. The van der Waals surface area contributed by atoms with Crippen molar-refractivity contribution in [1.82, 2.24) is 5.32 Å². The summed E-state index contributed by atoms with van der Waals surface area (Å²) in [5.74, 6) is 0.623. The molecular formula is C15H20BrNO. The first kappa shape index (κ1) is 12.6. The molecule has 3 rings (SSSR count). The fourth-order valence-electron chi connectivity index (χ4n) is 3.15. The highest BCUT2D eigenvalue weighted by Crippen LogP contribution is 2.34. The SMILES string of the molecule is CC1COCCC1NC1CCc2cc(Br)ccc21. The van der Waals surface area contributed by atoms with Crippen LogP contribution in [0.1, 0.15) is 36.9 Å². The Labute approximate surface area is 117 Å². The minimum Gasteiger partial charge on any atom is -0.381 e. The zero-order valence-electron chi connectivity index (χ0n) is 10.8. The molecule has 3 unspecified atom stereocenters. The molecule has 1 aromatic carbocycles. The van der Waals surface area contributed by atoms with Gasteiger partial charge in [-0.1, -0.05) is 28.9 Å².